The van der Waals surface area contributed by atoms with Crippen LogP contribution in [-0.4, -0.2) is 177 Å². The fraction of sp³-hybridized carbons (Fsp3) is 0.316. The van der Waals surface area contributed by atoms with E-state index in [-0.39, 0.29) is 105 Å². The van der Waals surface area contributed by atoms with Crippen molar-refractivity contribution in [1.29, 1.82) is 0 Å². The van der Waals surface area contributed by atoms with Gasteiger partial charge in [0, 0.05) is 105 Å². The minimum absolute atomic E-state index is 0.0338. The van der Waals surface area contributed by atoms with E-state index in [1.807, 2.05) is 150 Å². The van der Waals surface area contributed by atoms with Gasteiger partial charge in [-0.15, -0.1) is 6.42 Å². The Kier molecular flexibility index (Phi) is 26.1. The van der Waals surface area contributed by atoms with E-state index in [0.717, 1.165) is 29.0 Å². The summed E-state index contributed by atoms with van der Waals surface area (Å²) in [4.78, 5) is 132. The van der Waals surface area contributed by atoms with Crippen LogP contribution in [0.4, 0.5) is 35.0 Å². The number of aromatic nitrogens is 12. The molecule has 3 aliphatic rings. The predicted molar refractivity (Wildman–Crippen MR) is 482 cm³/mol. The van der Waals surface area contributed by atoms with Gasteiger partial charge in [0.2, 0.25) is 17.7 Å². The number of hydrogen-bond acceptors (Lipinski definition) is 20. The van der Waals surface area contributed by atoms with Crippen molar-refractivity contribution in [2.45, 2.75) is 158 Å². The van der Waals surface area contributed by atoms with Gasteiger partial charge in [0.25, 0.3) is 0 Å². The number of carbonyl (C=O) groups excluding carboxylic acids is 3. The first kappa shape index (κ1) is 89.9. The monoisotopic (exact) mass is 1730 g/mol. The number of terminal acetylenes is 1. The van der Waals surface area contributed by atoms with Gasteiger partial charge in [-0.1, -0.05) is 103 Å². The molecule has 0 spiro atoms. The maximum Gasteiger partial charge on any atom is 0.355 e. The van der Waals surface area contributed by atoms with Crippen LogP contribution in [0.1, 0.15) is 140 Å². The maximum absolute atomic E-state index is 15.9. The highest BCUT2D eigenvalue weighted by Crippen LogP contribution is 2.43. The quantitative estimate of drug-likeness (QED) is 0.0547. The second-order valence-corrected chi connectivity index (χ2v) is 33.0. The van der Waals surface area contributed by atoms with Gasteiger partial charge in [-0.3, -0.25) is 29.3 Å². The summed E-state index contributed by atoms with van der Waals surface area (Å²) in [6.45, 7) is 42.0. The molecule has 0 radical (unpaired) electrons. The molecule has 0 saturated carbocycles. The molecule has 650 valence electrons. The van der Waals surface area contributed by atoms with Gasteiger partial charge in [-0.05, 0) is 188 Å². The van der Waals surface area contributed by atoms with E-state index in [0.29, 0.717) is 112 Å². The van der Waals surface area contributed by atoms with Crippen molar-refractivity contribution in [3.63, 3.8) is 0 Å². The molecule has 26 nitrogen and oxygen atoms in total. The van der Waals surface area contributed by atoms with Crippen LogP contribution in [0, 0.1) is 56.4 Å². The number of anilines is 3. The first-order valence-electron chi connectivity index (χ1n) is 41.4. The standard InChI is InChI=1S/C33H33ClN6O2.2C31H32F2N6O3/c1-8-23-11-10-12-24(15-23)29-26(34)16-25-31(39-18-21(6)38(17-22(39)7)27(41)9-2)37-33(42)40(32(25)36-29)30-20(5)13-14-35-28(30)19(3)4;2*1-7-24(41)37-13-14-38(19(6)18(37)5)29-20-15-22(33)27(25-21(32)9-8-10-23(25)40)35-30(20)39(31(42)36-29)28-17(4)11-12-34-26(28)16(2)3/h1,9-16,19,21-22H,2,17-18H2,3-7H3;2*7-12,15-16,18-19,40H,1,13-14H2,2-6H3/t;2*18-,19-/m.10/s1. The molecule has 3 saturated heterocycles. The lowest BCUT2D eigenvalue weighted by atomic mass is 10.0. The fourth-order valence-electron chi connectivity index (χ4n) is 16.8. The lowest BCUT2D eigenvalue weighted by Crippen LogP contribution is -2.59. The Hall–Kier alpha value is -13.8. The molecule has 2 N–H and O–H groups in total. The lowest BCUT2D eigenvalue weighted by Gasteiger charge is -2.45. The second kappa shape index (κ2) is 36.5. The molecule has 15 rings (SSSR count). The molecule has 3 aromatic carbocycles. The summed E-state index contributed by atoms with van der Waals surface area (Å²) in [5, 5.41) is 22.4. The fourth-order valence-corrected chi connectivity index (χ4v) is 17.1. The molecular weight excluding hydrogens is 1630 g/mol. The molecule has 3 aliphatic heterocycles. The molecule has 126 heavy (non-hydrogen) atoms. The Labute approximate surface area is 730 Å². The van der Waals surface area contributed by atoms with Crippen LogP contribution in [0.5, 0.6) is 11.5 Å². The molecule has 6 atom stereocenters. The zero-order valence-corrected chi connectivity index (χ0v) is 73.4. The number of aromatic hydroxyl groups is 2. The average Bonchev–Trinajstić information content (AvgIpc) is 0.735. The largest absolute Gasteiger partial charge is 0.507 e. The van der Waals surface area contributed by atoms with Crippen molar-refractivity contribution in [2.75, 3.05) is 54.0 Å². The summed E-state index contributed by atoms with van der Waals surface area (Å²) in [7, 11) is 0. The van der Waals surface area contributed by atoms with Crippen LogP contribution >= 0.6 is 11.6 Å². The normalized spacial score (nSPS) is 17.2. The van der Waals surface area contributed by atoms with E-state index in [4.69, 9.17) is 23.0 Å². The first-order valence-corrected chi connectivity index (χ1v) is 41.7. The number of piperazine rings is 3. The molecule has 3 amide bonds. The highest BCUT2D eigenvalue weighted by atomic mass is 35.5. The third-order valence-corrected chi connectivity index (χ3v) is 23.9. The van der Waals surface area contributed by atoms with Crippen molar-refractivity contribution >= 4 is 79.9 Å². The number of benzene rings is 3. The van der Waals surface area contributed by atoms with Gasteiger partial charge in [-0.2, -0.15) is 15.0 Å². The molecule has 2 unspecified atom stereocenters. The number of aryl methyl sites for hydroxylation is 3. The van der Waals surface area contributed by atoms with Crippen LogP contribution in [0.3, 0.4) is 0 Å². The lowest BCUT2D eigenvalue weighted by molar-refractivity contribution is -0.129. The molecule has 0 bridgehead atoms. The number of carbonyl (C=O) groups is 3. The zero-order valence-electron chi connectivity index (χ0n) is 72.6. The number of hydrogen-bond donors (Lipinski definition) is 2. The molecule has 9 aromatic heterocycles. The van der Waals surface area contributed by atoms with Crippen molar-refractivity contribution < 1.29 is 42.2 Å². The molecular formula is C95H97ClF4N18O8. The number of amides is 3. The van der Waals surface area contributed by atoms with E-state index < -0.39 is 74.4 Å². The van der Waals surface area contributed by atoms with Crippen molar-refractivity contribution in [3.8, 4) is 74.7 Å². The number of phenols is 2. The summed E-state index contributed by atoms with van der Waals surface area (Å²) in [5.74, 6) is -1.68. The van der Waals surface area contributed by atoms with Crippen LogP contribution in [-0.2, 0) is 14.4 Å². The summed E-state index contributed by atoms with van der Waals surface area (Å²) < 4.78 is 65.7. The number of phenolic OH excluding ortho intramolecular Hbond substituents is 2. The highest BCUT2D eigenvalue weighted by molar-refractivity contribution is 6.34. The third-order valence-electron chi connectivity index (χ3n) is 23.6. The van der Waals surface area contributed by atoms with Crippen molar-refractivity contribution in [2.24, 2.45) is 0 Å². The number of rotatable bonds is 15. The van der Waals surface area contributed by atoms with Gasteiger partial charge < -0.3 is 39.6 Å². The van der Waals surface area contributed by atoms with Gasteiger partial charge >= 0.3 is 17.1 Å². The number of nitrogens with zero attached hydrogens (tertiary/aromatic N) is 18. The average molecular weight is 1730 g/mol. The molecule has 0 aliphatic carbocycles. The minimum Gasteiger partial charge on any atom is -0.507 e. The van der Waals surface area contributed by atoms with Gasteiger partial charge in [0.15, 0.2) is 28.6 Å². The van der Waals surface area contributed by atoms with Gasteiger partial charge in [-0.25, -0.2) is 60.6 Å². The number of halogens is 5. The first-order chi connectivity index (χ1) is 60.0. The zero-order chi connectivity index (χ0) is 91.2. The Morgan fingerprint density at radius 3 is 1.20 bits per heavy atom. The van der Waals surface area contributed by atoms with Crippen LogP contribution in [0.25, 0.3) is 83.9 Å². The van der Waals surface area contributed by atoms with E-state index in [1.54, 1.807) is 50.0 Å². The molecule has 31 heteroatoms. The Morgan fingerprint density at radius 1 is 0.460 bits per heavy atom. The SMILES string of the molecule is C#Cc1cccc(-c2nc3c(cc2Cl)c(N2CC(C)N(C(=O)C=C)CC2C)nc(=O)n3-c2c(C)ccnc2C(C)C)c1.C=CC(=O)N1CCN(c2nc(=O)n(-c3c(C)ccnc3C(C)C)c3nc(-c4c(O)cccc4F)c(F)cc23)[C@@H](C)[C@@H]1C.C=CC(=O)N1CCN(c2nc(=O)n(-c3c(C)ccnc3C(C)C)c3nc(-c4c(O)cccc4F)c(F)cc23)[C@H](C)[C@H]1C. The smallest absolute Gasteiger partial charge is 0.355 e. The molecule has 3 fully saturated rings. The van der Waals surface area contributed by atoms with Crippen molar-refractivity contribution in [1.82, 2.24) is 73.3 Å². The third kappa shape index (κ3) is 16.7. The molecule has 12 heterocycles. The van der Waals surface area contributed by atoms with Crippen LogP contribution in [0.2, 0.25) is 5.02 Å². The predicted octanol–water partition coefficient (Wildman–Crippen LogP) is 15.3. The summed E-state index contributed by atoms with van der Waals surface area (Å²) in [5.41, 5.74) is 4.69. The summed E-state index contributed by atoms with van der Waals surface area (Å²) >= 11 is 6.92. The van der Waals surface area contributed by atoms with Gasteiger partial charge in [0.05, 0.1) is 72.1 Å². The number of fused-ring (bicyclic) bond motifs is 3. The Bertz CT molecular complexity index is 6350. The highest BCUT2D eigenvalue weighted by Gasteiger charge is 2.40. The maximum atomic E-state index is 15.9. The van der Waals surface area contributed by atoms with Crippen molar-refractivity contribution in [3.05, 3.63) is 253 Å². The van der Waals surface area contributed by atoms with Crippen LogP contribution in [0.15, 0.2) is 168 Å². The Balaban J connectivity index is 0.000000162. The second-order valence-electron chi connectivity index (χ2n) is 32.6. The Morgan fingerprint density at radius 2 is 0.825 bits per heavy atom. The van der Waals surface area contributed by atoms with E-state index in [2.05, 4.69) is 70.4 Å². The summed E-state index contributed by atoms with van der Waals surface area (Å²) in [6.07, 6.45) is 14.6. The van der Waals surface area contributed by atoms with Gasteiger partial charge in [0.1, 0.15) is 52.0 Å². The van der Waals surface area contributed by atoms with E-state index in [9.17, 15) is 47.8 Å². The topological polar surface area (TPSA) is 293 Å². The van der Waals surface area contributed by atoms with Crippen LogP contribution < -0.4 is 31.8 Å². The van der Waals surface area contributed by atoms with E-state index >= 15 is 8.78 Å². The number of pyridine rings is 6. The van der Waals surface area contributed by atoms with E-state index in [1.165, 1.54) is 63.8 Å². The minimum atomic E-state index is -0.899. The molecule has 12 aromatic rings. The summed E-state index contributed by atoms with van der Waals surface area (Å²) in [6, 6.07) is 22.8.